The van der Waals surface area contributed by atoms with Crippen LogP contribution in [0, 0.1) is 0 Å². The third-order valence-electron chi connectivity index (χ3n) is 5.49. The first kappa shape index (κ1) is 22.6. The van der Waals surface area contributed by atoms with Crippen molar-refractivity contribution in [2.45, 2.75) is 41.4 Å². The van der Waals surface area contributed by atoms with Gasteiger partial charge in [0.2, 0.25) is 5.91 Å². The molecule has 0 fully saturated rings. The van der Waals surface area contributed by atoms with Crippen molar-refractivity contribution in [3.05, 3.63) is 84.7 Å². The average molecular weight is 489 g/mol. The van der Waals surface area contributed by atoms with Crippen LogP contribution in [0.3, 0.4) is 0 Å². The van der Waals surface area contributed by atoms with E-state index >= 15 is 0 Å². The van der Waals surface area contributed by atoms with Gasteiger partial charge in [0.25, 0.3) is 0 Å². The molecule has 0 saturated carbocycles. The highest BCUT2D eigenvalue weighted by Gasteiger charge is 2.28. The molecular weight excluding hydrogens is 464 g/mol. The van der Waals surface area contributed by atoms with Crippen LogP contribution in [0.15, 0.2) is 93.8 Å². The maximum absolute atomic E-state index is 13.5. The van der Waals surface area contributed by atoms with Crippen LogP contribution in [0.2, 0.25) is 0 Å². The van der Waals surface area contributed by atoms with Crippen LogP contribution in [-0.4, -0.2) is 26.4 Å². The van der Waals surface area contributed by atoms with Gasteiger partial charge in [-0.15, -0.1) is 10.2 Å². The number of fused-ring (bicyclic) bond motifs is 2. The molecule has 8 heteroatoms. The van der Waals surface area contributed by atoms with Crippen LogP contribution in [0.1, 0.15) is 25.8 Å². The van der Waals surface area contributed by atoms with E-state index in [1.54, 1.807) is 11.8 Å². The highest BCUT2D eigenvalue weighted by Crippen LogP contribution is 2.48. The van der Waals surface area contributed by atoms with Gasteiger partial charge in [-0.1, -0.05) is 66.0 Å². The lowest BCUT2D eigenvalue weighted by molar-refractivity contribution is -0.115. The van der Waals surface area contributed by atoms with Crippen molar-refractivity contribution in [1.82, 2.24) is 14.8 Å². The van der Waals surface area contributed by atoms with Gasteiger partial charge in [-0.05, 0) is 50.2 Å². The molecule has 5 rings (SSSR count). The zero-order valence-electron chi connectivity index (χ0n) is 18.9. The van der Waals surface area contributed by atoms with Gasteiger partial charge >= 0.3 is 0 Å². The molecule has 0 saturated heterocycles. The van der Waals surface area contributed by atoms with Crippen LogP contribution in [-0.2, 0) is 11.3 Å². The number of rotatable bonds is 7. The van der Waals surface area contributed by atoms with Crippen molar-refractivity contribution in [1.29, 1.82) is 0 Å². The zero-order chi connectivity index (χ0) is 23.5. The topological polar surface area (TPSA) is 60.2 Å². The molecule has 0 N–H and O–H groups in total. The maximum atomic E-state index is 13.5. The second-order valence-corrected chi connectivity index (χ2v) is 9.74. The minimum absolute atomic E-state index is 0.00554. The van der Waals surface area contributed by atoms with Gasteiger partial charge < -0.3 is 9.30 Å². The van der Waals surface area contributed by atoms with Crippen molar-refractivity contribution in [3.8, 4) is 5.75 Å². The van der Waals surface area contributed by atoms with E-state index < -0.39 is 0 Å². The number of hydrogen-bond acceptors (Lipinski definition) is 6. The lowest BCUT2D eigenvalue weighted by Crippen LogP contribution is -2.30. The highest BCUT2D eigenvalue weighted by atomic mass is 32.2. The quantitative estimate of drug-likeness (QED) is 0.282. The Morgan fingerprint density at radius 2 is 1.56 bits per heavy atom. The fourth-order valence-electron chi connectivity index (χ4n) is 3.92. The summed E-state index contributed by atoms with van der Waals surface area (Å²) in [4.78, 5) is 17.5. The summed E-state index contributed by atoms with van der Waals surface area (Å²) in [5.41, 5.74) is 1.83. The summed E-state index contributed by atoms with van der Waals surface area (Å²) in [5, 5.41) is 9.47. The van der Waals surface area contributed by atoms with Crippen molar-refractivity contribution < 1.29 is 9.53 Å². The number of amides is 1. The second-order valence-electron chi connectivity index (χ2n) is 7.71. The third kappa shape index (κ3) is 4.43. The second kappa shape index (κ2) is 9.95. The largest absolute Gasteiger partial charge is 0.483 e. The third-order valence-corrected chi connectivity index (χ3v) is 7.57. The van der Waals surface area contributed by atoms with Crippen LogP contribution in [0.4, 0.5) is 11.4 Å². The van der Waals surface area contributed by atoms with E-state index in [0.29, 0.717) is 11.7 Å². The summed E-state index contributed by atoms with van der Waals surface area (Å²) in [6.07, 6.45) is -0.266. The summed E-state index contributed by atoms with van der Waals surface area (Å²) in [6.45, 7) is 4.69. The minimum atomic E-state index is -0.266. The van der Waals surface area contributed by atoms with Gasteiger partial charge in [-0.25, -0.2) is 0 Å². The Hall–Kier alpha value is -3.23. The number of aromatic nitrogens is 3. The molecule has 34 heavy (non-hydrogen) atoms. The van der Waals surface area contributed by atoms with E-state index in [9.17, 15) is 4.79 Å². The van der Waals surface area contributed by atoms with Gasteiger partial charge in [0.05, 0.1) is 17.1 Å². The number of ether oxygens (including phenoxy) is 1. The van der Waals surface area contributed by atoms with E-state index in [0.717, 1.165) is 32.7 Å². The van der Waals surface area contributed by atoms with Crippen molar-refractivity contribution in [3.63, 3.8) is 0 Å². The number of carbonyl (C=O) groups excluding carboxylic acids is 1. The number of carbonyl (C=O) groups is 1. The fourth-order valence-corrected chi connectivity index (χ4v) is 5.84. The van der Waals surface area contributed by atoms with Gasteiger partial charge in [0, 0.05) is 16.3 Å². The highest BCUT2D eigenvalue weighted by molar-refractivity contribution is 8.00. The van der Waals surface area contributed by atoms with Crippen LogP contribution in [0.5, 0.6) is 5.75 Å². The molecule has 0 spiro atoms. The molecule has 6 nitrogen and oxygen atoms in total. The van der Waals surface area contributed by atoms with Crippen LogP contribution in [0.25, 0.3) is 0 Å². The summed E-state index contributed by atoms with van der Waals surface area (Å²) < 4.78 is 8.06. The van der Waals surface area contributed by atoms with E-state index in [1.165, 1.54) is 11.8 Å². The molecule has 0 bridgehead atoms. The fraction of sp³-hybridized carbons (Fsp3) is 0.192. The van der Waals surface area contributed by atoms with Crippen molar-refractivity contribution in [2.75, 3.05) is 10.7 Å². The molecule has 1 atom stereocenters. The Morgan fingerprint density at radius 3 is 2.21 bits per heavy atom. The van der Waals surface area contributed by atoms with Gasteiger partial charge in [0.15, 0.2) is 17.1 Å². The summed E-state index contributed by atoms with van der Waals surface area (Å²) in [7, 11) is 0. The standard InChI is InChI=1S/C26H24N4O2S2/c1-3-29-25(18(2)32-19-11-5-4-6-12-19)27-28-26(29)33-17-24(31)30-20-13-7-9-15-22(20)34-23-16-10-8-14-21(23)30/h4-16,18H,3,17H2,1-2H3/t18-/m0/s1. The van der Waals surface area contributed by atoms with E-state index in [-0.39, 0.29) is 17.8 Å². The molecule has 2 heterocycles. The molecule has 0 radical (unpaired) electrons. The van der Waals surface area contributed by atoms with Gasteiger partial charge in [-0.3, -0.25) is 9.69 Å². The number of nitrogens with zero attached hydrogens (tertiary/aromatic N) is 4. The first-order valence-corrected chi connectivity index (χ1v) is 12.9. The summed E-state index contributed by atoms with van der Waals surface area (Å²) >= 11 is 3.09. The Bertz CT molecular complexity index is 1260. The molecule has 1 aromatic heterocycles. The number of hydrogen-bond donors (Lipinski definition) is 0. The van der Waals surface area contributed by atoms with Crippen LogP contribution >= 0.6 is 23.5 Å². The molecule has 0 aliphatic carbocycles. The first-order chi connectivity index (χ1) is 16.7. The Labute approximate surface area is 207 Å². The van der Waals surface area contributed by atoms with Crippen molar-refractivity contribution in [2.24, 2.45) is 0 Å². The molecule has 172 valence electrons. The van der Waals surface area contributed by atoms with Gasteiger partial charge in [0.1, 0.15) is 5.75 Å². The Morgan fingerprint density at radius 1 is 0.941 bits per heavy atom. The van der Waals surface area contributed by atoms with Crippen molar-refractivity contribution >= 4 is 40.8 Å². The molecule has 0 unspecified atom stereocenters. The predicted octanol–water partition coefficient (Wildman–Crippen LogP) is 6.36. The summed E-state index contributed by atoms with van der Waals surface area (Å²) in [6, 6.07) is 25.7. The maximum Gasteiger partial charge on any atom is 0.242 e. The number of benzene rings is 3. The lowest BCUT2D eigenvalue weighted by Gasteiger charge is -2.30. The first-order valence-electron chi connectivity index (χ1n) is 11.1. The number of anilines is 2. The lowest BCUT2D eigenvalue weighted by atomic mass is 10.2. The zero-order valence-corrected chi connectivity index (χ0v) is 20.6. The van der Waals surface area contributed by atoms with E-state index in [4.69, 9.17) is 4.74 Å². The number of para-hydroxylation sites is 3. The Kier molecular flexibility index (Phi) is 6.60. The SMILES string of the molecule is CCn1c(SCC(=O)N2c3ccccc3Sc3ccccc32)nnc1[C@H](C)Oc1ccccc1. The predicted molar refractivity (Wildman–Crippen MR) is 136 cm³/mol. The normalized spacial score (nSPS) is 13.2. The summed E-state index contributed by atoms with van der Waals surface area (Å²) in [5.74, 6) is 1.78. The molecule has 4 aromatic rings. The van der Waals surface area contributed by atoms with E-state index in [1.807, 2.05) is 90.0 Å². The van der Waals surface area contributed by atoms with Gasteiger partial charge in [-0.2, -0.15) is 0 Å². The smallest absolute Gasteiger partial charge is 0.242 e. The molecule has 1 amide bonds. The molecule has 3 aromatic carbocycles. The van der Waals surface area contributed by atoms with Crippen LogP contribution < -0.4 is 9.64 Å². The average Bonchev–Trinajstić information content (AvgIpc) is 3.29. The minimum Gasteiger partial charge on any atom is -0.483 e. The molecular formula is C26H24N4O2S2. The number of thioether (sulfide) groups is 1. The van der Waals surface area contributed by atoms with E-state index in [2.05, 4.69) is 22.3 Å². The molecule has 1 aliphatic heterocycles. The molecule has 1 aliphatic rings. The monoisotopic (exact) mass is 488 g/mol. The Balaban J connectivity index is 1.35.